The Morgan fingerprint density at radius 2 is 2.00 bits per heavy atom. The number of nitrogens with zero attached hydrogens (tertiary/aromatic N) is 3. The zero-order chi connectivity index (χ0) is 22.0. The van der Waals surface area contributed by atoms with E-state index in [0.717, 1.165) is 17.5 Å². The fourth-order valence-electron chi connectivity index (χ4n) is 4.08. The lowest BCUT2D eigenvalue weighted by atomic mass is 10.1. The second-order valence-corrected chi connectivity index (χ2v) is 7.79. The highest BCUT2D eigenvalue weighted by molar-refractivity contribution is 5.94. The molecule has 3 amide bonds. The van der Waals surface area contributed by atoms with Crippen LogP contribution < -0.4 is 5.73 Å². The summed E-state index contributed by atoms with van der Waals surface area (Å²) in [5, 5.41) is 0. The number of H-pyrrole nitrogens is 1. The van der Waals surface area contributed by atoms with Gasteiger partial charge in [0.25, 0.3) is 11.8 Å². The van der Waals surface area contributed by atoms with E-state index in [4.69, 9.17) is 5.73 Å². The molecule has 0 bridgehead atoms. The Kier molecular flexibility index (Phi) is 5.70. The maximum Gasteiger partial charge on any atom is 0.284 e. The summed E-state index contributed by atoms with van der Waals surface area (Å²) in [6.07, 6.45) is 2.23. The second-order valence-electron chi connectivity index (χ2n) is 7.79. The zero-order valence-electron chi connectivity index (χ0n) is 17.4. The Labute approximate surface area is 180 Å². The maximum absolute atomic E-state index is 13.0. The van der Waals surface area contributed by atoms with Gasteiger partial charge in [0.15, 0.2) is 5.82 Å². The van der Waals surface area contributed by atoms with Gasteiger partial charge in [0.05, 0.1) is 11.0 Å². The third-order valence-corrected chi connectivity index (χ3v) is 5.73. The van der Waals surface area contributed by atoms with E-state index >= 15 is 0 Å². The Balaban J connectivity index is 1.55. The van der Waals surface area contributed by atoms with Crippen LogP contribution in [-0.4, -0.2) is 57.2 Å². The molecule has 0 aliphatic carbocycles. The van der Waals surface area contributed by atoms with Crippen LogP contribution in [0.4, 0.5) is 0 Å². The lowest BCUT2D eigenvalue weighted by Gasteiger charge is -2.35. The minimum absolute atomic E-state index is 0.0755. The Hall–Kier alpha value is -3.68. The molecule has 1 fully saturated rings. The molecule has 0 radical (unpaired) electrons. The third kappa shape index (κ3) is 4.28. The molecule has 4 rings (SSSR count). The van der Waals surface area contributed by atoms with E-state index in [1.54, 1.807) is 29.0 Å². The van der Waals surface area contributed by atoms with Crippen molar-refractivity contribution in [1.29, 1.82) is 0 Å². The topological polar surface area (TPSA) is 112 Å². The van der Waals surface area contributed by atoms with E-state index in [1.807, 2.05) is 36.4 Å². The van der Waals surface area contributed by atoms with Crippen LogP contribution in [0.25, 0.3) is 11.0 Å². The molecule has 1 aromatic heterocycles. The highest BCUT2D eigenvalue weighted by Gasteiger charge is 2.32. The predicted molar refractivity (Wildman–Crippen MR) is 116 cm³/mol. The van der Waals surface area contributed by atoms with Gasteiger partial charge in [-0.3, -0.25) is 14.4 Å². The minimum atomic E-state index is -0.605. The van der Waals surface area contributed by atoms with Crippen molar-refractivity contribution < 1.29 is 14.4 Å². The van der Waals surface area contributed by atoms with Gasteiger partial charge < -0.3 is 20.5 Å². The number of aromatic nitrogens is 2. The molecule has 2 aromatic carbocycles. The van der Waals surface area contributed by atoms with Gasteiger partial charge in [-0.2, -0.15) is 0 Å². The summed E-state index contributed by atoms with van der Waals surface area (Å²) in [7, 11) is 1.75. The number of hydrogen-bond acceptors (Lipinski definition) is 4. The number of primary amides is 1. The Bertz CT molecular complexity index is 1120. The van der Waals surface area contributed by atoms with Crippen LogP contribution in [0.5, 0.6) is 0 Å². The van der Waals surface area contributed by atoms with Crippen molar-refractivity contribution in [3.63, 3.8) is 0 Å². The Morgan fingerprint density at radius 3 is 2.68 bits per heavy atom. The number of fused-ring (bicyclic) bond motifs is 1. The summed E-state index contributed by atoms with van der Waals surface area (Å²) in [5.74, 6) is -0.516. The molecule has 1 aliphatic heterocycles. The van der Waals surface area contributed by atoms with Crippen LogP contribution >= 0.6 is 0 Å². The van der Waals surface area contributed by atoms with E-state index in [9.17, 15) is 14.4 Å². The molecule has 31 heavy (non-hydrogen) atoms. The summed E-state index contributed by atoms with van der Waals surface area (Å²) in [5.41, 5.74) is 8.30. The second kappa shape index (κ2) is 8.59. The van der Waals surface area contributed by atoms with E-state index in [2.05, 4.69) is 9.97 Å². The summed E-state index contributed by atoms with van der Waals surface area (Å²) in [6, 6.07) is 14.8. The number of aromatic amines is 1. The van der Waals surface area contributed by atoms with Gasteiger partial charge in [0, 0.05) is 25.6 Å². The molecule has 1 unspecified atom stereocenters. The van der Waals surface area contributed by atoms with Crippen LogP contribution in [-0.2, 0) is 11.2 Å². The number of nitrogens with two attached hydrogens (primary N) is 1. The normalized spacial score (nSPS) is 14.7. The number of carbonyl (C=O) groups is 3. The van der Waals surface area contributed by atoms with Gasteiger partial charge in [0.1, 0.15) is 6.17 Å². The molecular formula is C23H25N5O3. The fourth-order valence-corrected chi connectivity index (χ4v) is 4.08. The highest BCUT2D eigenvalue weighted by Crippen LogP contribution is 2.22. The molecule has 1 aliphatic rings. The monoisotopic (exact) mass is 419 g/mol. The molecule has 1 atom stereocenters. The van der Waals surface area contributed by atoms with Crippen molar-refractivity contribution in [2.24, 2.45) is 5.73 Å². The molecule has 8 heteroatoms. The first-order valence-corrected chi connectivity index (χ1v) is 10.3. The predicted octanol–water partition coefficient (Wildman–Crippen LogP) is 2.32. The van der Waals surface area contributed by atoms with Gasteiger partial charge in [-0.15, -0.1) is 0 Å². The average molecular weight is 419 g/mol. The maximum atomic E-state index is 13.0. The van der Waals surface area contributed by atoms with Crippen LogP contribution in [0, 0.1) is 0 Å². The molecule has 160 valence electrons. The van der Waals surface area contributed by atoms with Crippen molar-refractivity contribution in [3.8, 4) is 0 Å². The van der Waals surface area contributed by atoms with Crippen LogP contribution in [0.3, 0.4) is 0 Å². The van der Waals surface area contributed by atoms with Gasteiger partial charge in [-0.05, 0) is 49.1 Å². The van der Waals surface area contributed by atoms with E-state index < -0.39 is 5.91 Å². The summed E-state index contributed by atoms with van der Waals surface area (Å²) in [4.78, 5) is 47.5. The van der Waals surface area contributed by atoms with Crippen molar-refractivity contribution >= 4 is 28.8 Å². The fraction of sp³-hybridized carbons (Fsp3) is 0.304. The molecule has 3 N–H and O–H groups in total. The molecule has 3 aromatic rings. The van der Waals surface area contributed by atoms with Crippen molar-refractivity contribution in [2.45, 2.75) is 31.8 Å². The smallest absolute Gasteiger partial charge is 0.284 e. The number of benzene rings is 2. The van der Waals surface area contributed by atoms with Crippen molar-refractivity contribution in [2.75, 3.05) is 13.6 Å². The van der Waals surface area contributed by atoms with Crippen molar-refractivity contribution in [1.82, 2.24) is 19.8 Å². The van der Waals surface area contributed by atoms with Gasteiger partial charge in [-0.1, -0.05) is 24.3 Å². The standard InChI is InChI=1S/C23H25N5O3/c1-27(23(31)16-6-3-2-4-7-16)19(28-13-5-8-20(28)29)12-10-15-9-11-17-18(14-15)26-22(25-17)21(24)30/h2-4,6-7,9,11,14,19H,5,8,10,12-13H2,1H3,(H2,24,30)(H,25,26). The van der Waals surface area contributed by atoms with Crippen LogP contribution in [0.15, 0.2) is 48.5 Å². The summed E-state index contributed by atoms with van der Waals surface area (Å²) in [6.45, 7) is 0.649. The number of aryl methyl sites for hydroxylation is 1. The lowest BCUT2D eigenvalue weighted by Crippen LogP contribution is -2.50. The van der Waals surface area contributed by atoms with Crippen molar-refractivity contribution in [3.05, 3.63) is 65.5 Å². The SMILES string of the molecule is CN(C(=O)c1ccccc1)C(CCc1ccc2[nH]c(C(N)=O)nc2c1)N1CCCC1=O. The largest absolute Gasteiger partial charge is 0.363 e. The minimum Gasteiger partial charge on any atom is -0.363 e. The number of likely N-dealkylation sites (tertiary alicyclic amines) is 1. The molecule has 8 nitrogen and oxygen atoms in total. The van der Waals surface area contributed by atoms with Crippen LogP contribution in [0.1, 0.15) is 45.8 Å². The van der Waals surface area contributed by atoms with E-state index in [1.165, 1.54) is 0 Å². The number of amides is 3. The molecular weight excluding hydrogens is 394 g/mol. The van der Waals surface area contributed by atoms with Gasteiger partial charge in [0.2, 0.25) is 5.91 Å². The molecule has 2 heterocycles. The quantitative estimate of drug-likeness (QED) is 0.612. The highest BCUT2D eigenvalue weighted by atomic mass is 16.2. The molecule has 0 saturated carbocycles. The molecule has 0 spiro atoms. The van der Waals surface area contributed by atoms with Gasteiger partial charge >= 0.3 is 0 Å². The average Bonchev–Trinajstić information content (AvgIpc) is 3.40. The number of carbonyl (C=O) groups excluding carboxylic acids is 3. The Morgan fingerprint density at radius 1 is 1.23 bits per heavy atom. The van der Waals surface area contributed by atoms with E-state index in [0.29, 0.717) is 36.9 Å². The van der Waals surface area contributed by atoms with Gasteiger partial charge in [-0.25, -0.2) is 4.98 Å². The number of nitrogens with one attached hydrogen (secondary N) is 1. The third-order valence-electron chi connectivity index (χ3n) is 5.73. The summed E-state index contributed by atoms with van der Waals surface area (Å²) >= 11 is 0. The first-order valence-electron chi connectivity index (χ1n) is 10.3. The number of imidazole rings is 1. The lowest BCUT2D eigenvalue weighted by molar-refractivity contribution is -0.132. The number of rotatable bonds is 7. The van der Waals surface area contributed by atoms with Crippen LogP contribution in [0.2, 0.25) is 0 Å². The number of hydrogen-bond donors (Lipinski definition) is 2. The zero-order valence-corrected chi connectivity index (χ0v) is 17.4. The molecule has 1 saturated heterocycles. The first-order chi connectivity index (χ1) is 14.9. The first kappa shape index (κ1) is 20.6. The summed E-state index contributed by atoms with van der Waals surface area (Å²) < 4.78 is 0. The van der Waals surface area contributed by atoms with E-state index in [-0.39, 0.29) is 23.8 Å².